The van der Waals surface area contributed by atoms with Crippen LogP contribution < -0.4 is 5.73 Å². The van der Waals surface area contributed by atoms with E-state index in [4.69, 9.17) is 5.73 Å². The van der Waals surface area contributed by atoms with Crippen LogP contribution in [0, 0.1) is 11.8 Å². The van der Waals surface area contributed by atoms with E-state index in [2.05, 4.69) is 11.9 Å². The second-order valence-electron chi connectivity index (χ2n) is 4.97. The molecule has 0 spiro atoms. The lowest BCUT2D eigenvalue weighted by atomic mass is 9.85. The molecule has 0 saturated heterocycles. The van der Waals surface area contributed by atoms with Crippen molar-refractivity contribution in [3.8, 4) is 0 Å². The molecule has 0 bridgehead atoms. The molecule has 14 heavy (non-hydrogen) atoms. The standard InChI is InChI=1S/C12H22N2/c1-9(10-5-3-2-4-6-10)14-12(13)11-7-8-11/h9-11H,2-8H2,1H3,(H2,13,14). The summed E-state index contributed by atoms with van der Waals surface area (Å²) in [7, 11) is 0. The molecule has 1 unspecified atom stereocenters. The quantitative estimate of drug-likeness (QED) is 0.544. The van der Waals surface area contributed by atoms with Gasteiger partial charge < -0.3 is 5.73 Å². The molecule has 2 aliphatic carbocycles. The lowest BCUT2D eigenvalue weighted by Gasteiger charge is -2.25. The van der Waals surface area contributed by atoms with Crippen LogP contribution >= 0.6 is 0 Å². The average Bonchev–Trinajstić information content (AvgIpc) is 3.02. The third-order valence-corrected chi connectivity index (χ3v) is 3.68. The zero-order chi connectivity index (χ0) is 9.97. The summed E-state index contributed by atoms with van der Waals surface area (Å²) in [5.41, 5.74) is 5.94. The van der Waals surface area contributed by atoms with Gasteiger partial charge >= 0.3 is 0 Å². The van der Waals surface area contributed by atoms with Gasteiger partial charge in [0.25, 0.3) is 0 Å². The van der Waals surface area contributed by atoms with Crippen LogP contribution in [0.1, 0.15) is 51.9 Å². The second kappa shape index (κ2) is 4.33. The Morgan fingerprint density at radius 2 is 1.79 bits per heavy atom. The first-order chi connectivity index (χ1) is 6.77. The van der Waals surface area contributed by atoms with Crippen LogP contribution in [0.4, 0.5) is 0 Å². The minimum atomic E-state index is 0.468. The fourth-order valence-corrected chi connectivity index (χ4v) is 2.44. The Kier molecular flexibility index (Phi) is 3.09. The van der Waals surface area contributed by atoms with E-state index in [0.717, 1.165) is 11.8 Å². The Bertz CT molecular complexity index is 212. The van der Waals surface area contributed by atoms with Gasteiger partial charge in [0.05, 0.1) is 11.9 Å². The molecule has 0 aliphatic heterocycles. The molecule has 2 N–H and O–H groups in total. The van der Waals surface area contributed by atoms with Crippen molar-refractivity contribution in [1.82, 2.24) is 0 Å². The number of hydrogen-bond donors (Lipinski definition) is 1. The van der Waals surface area contributed by atoms with Crippen molar-refractivity contribution in [3.63, 3.8) is 0 Å². The van der Waals surface area contributed by atoms with Crippen molar-refractivity contribution in [2.75, 3.05) is 0 Å². The molecule has 0 heterocycles. The third-order valence-electron chi connectivity index (χ3n) is 3.68. The highest BCUT2D eigenvalue weighted by molar-refractivity contribution is 5.85. The Labute approximate surface area is 87.0 Å². The highest BCUT2D eigenvalue weighted by Gasteiger charge is 2.27. The van der Waals surface area contributed by atoms with E-state index < -0.39 is 0 Å². The molecule has 0 radical (unpaired) electrons. The number of nitrogens with zero attached hydrogens (tertiary/aromatic N) is 1. The lowest BCUT2D eigenvalue weighted by molar-refractivity contribution is 0.317. The summed E-state index contributed by atoms with van der Waals surface area (Å²) in [6, 6.07) is 0.468. The SMILES string of the molecule is CC(N=C(N)C1CC1)C1CCCCC1. The minimum Gasteiger partial charge on any atom is -0.387 e. The van der Waals surface area contributed by atoms with E-state index in [9.17, 15) is 0 Å². The van der Waals surface area contributed by atoms with Crippen molar-refractivity contribution in [2.24, 2.45) is 22.6 Å². The molecule has 0 aromatic rings. The van der Waals surface area contributed by atoms with Gasteiger partial charge in [-0.25, -0.2) is 0 Å². The van der Waals surface area contributed by atoms with Gasteiger partial charge in [-0.05, 0) is 38.5 Å². The van der Waals surface area contributed by atoms with Gasteiger partial charge in [-0.15, -0.1) is 0 Å². The summed E-state index contributed by atoms with van der Waals surface area (Å²) in [4.78, 5) is 4.66. The highest BCUT2D eigenvalue weighted by atomic mass is 14.9. The van der Waals surface area contributed by atoms with Crippen LogP contribution in [0.15, 0.2) is 4.99 Å². The third kappa shape index (κ3) is 2.49. The number of amidine groups is 1. The molecule has 2 heteroatoms. The predicted octanol–water partition coefficient (Wildman–Crippen LogP) is 2.72. The molecular weight excluding hydrogens is 172 g/mol. The Morgan fingerprint density at radius 3 is 2.36 bits per heavy atom. The van der Waals surface area contributed by atoms with E-state index in [1.54, 1.807) is 0 Å². The minimum absolute atomic E-state index is 0.468. The Morgan fingerprint density at radius 1 is 1.14 bits per heavy atom. The first-order valence-corrected chi connectivity index (χ1v) is 6.10. The van der Waals surface area contributed by atoms with Crippen molar-refractivity contribution >= 4 is 5.84 Å². The van der Waals surface area contributed by atoms with Crippen LogP contribution in [-0.2, 0) is 0 Å². The molecule has 2 nitrogen and oxygen atoms in total. The van der Waals surface area contributed by atoms with Crippen LogP contribution in [0.3, 0.4) is 0 Å². The Hall–Kier alpha value is -0.530. The number of aliphatic imine (C=N–C) groups is 1. The van der Waals surface area contributed by atoms with Crippen molar-refractivity contribution in [1.29, 1.82) is 0 Å². The predicted molar refractivity (Wildman–Crippen MR) is 60.4 cm³/mol. The van der Waals surface area contributed by atoms with Gasteiger partial charge in [-0.3, -0.25) is 4.99 Å². The number of rotatable bonds is 3. The normalized spacial score (nSPS) is 27.6. The molecule has 0 aromatic heterocycles. The van der Waals surface area contributed by atoms with Gasteiger partial charge in [0.15, 0.2) is 0 Å². The number of nitrogens with two attached hydrogens (primary N) is 1. The smallest absolute Gasteiger partial charge is 0.0971 e. The topological polar surface area (TPSA) is 38.4 Å². The average molecular weight is 194 g/mol. The molecule has 2 aliphatic rings. The largest absolute Gasteiger partial charge is 0.387 e. The molecule has 80 valence electrons. The van der Waals surface area contributed by atoms with Crippen molar-refractivity contribution < 1.29 is 0 Å². The zero-order valence-corrected chi connectivity index (χ0v) is 9.21. The van der Waals surface area contributed by atoms with Gasteiger partial charge in [0.2, 0.25) is 0 Å². The summed E-state index contributed by atoms with van der Waals surface area (Å²) in [5.74, 6) is 2.38. The number of hydrogen-bond acceptors (Lipinski definition) is 1. The second-order valence-corrected chi connectivity index (χ2v) is 4.97. The molecule has 2 fully saturated rings. The lowest BCUT2D eigenvalue weighted by Crippen LogP contribution is -2.23. The van der Waals surface area contributed by atoms with E-state index in [1.165, 1.54) is 44.9 Å². The Balaban J connectivity index is 1.86. The summed E-state index contributed by atoms with van der Waals surface area (Å²) >= 11 is 0. The summed E-state index contributed by atoms with van der Waals surface area (Å²) in [6.07, 6.45) is 9.48. The molecule has 2 saturated carbocycles. The first-order valence-electron chi connectivity index (χ1n) is 6.10. The highest BCUT2D eigenvalue weighted by Crippen LogP contribution is 2.31. The van der Waals surface area contributed by atoms with Gasteiger partial charge in [0, 0.05) is 5.92 Å². The fourth-order valence-electron chi connectivity index (χ4n) is 2.44. The summed E-state index contributed by atoms with van der Waals surface area (Å²) < 4.78 is 0. The zero-order valence-electron chi connectivity index (χ0n) is 9.21. The van der Waals surface area contributed by atoms with E-state index in [0.29, 0.717) is 12.0 Å². The maximum Gasteiger partial charge on any atom is 0.0971 e. The summed E-state index contributed by atoms with van der Waals surface area (Å²) in [6.45, 7) is 2.24. The first kappa shape index (κ1) is 10.0. The van der Waals surface area contributed by atoms with Gasteiger partial charge in [-0.2, -0.15) is 0 Å². The molecule has 1 atom stereocenters. The molecule has 2 rings (SSSR count). The van der Waals surface area contributed by atoms with Crippen LogP contribution in [-0.4, -0.2) is 11.9 Å². The van der Waals surface area contributed by atoms with Crippen LogP contribution in [0.5, 0.6) is 0 Å². The van der Waals surface area contributed by atoms with E-state index in [-0.39, 0.29) is 0 Å². The van der Waals surface area contributed by atoms with E-state index >= 15 is 0 Å². The van der Waals surface area contributed by atoms with Gasteiger partial charge in [0.1, 0.15) is 0 Å². The molecular formula is C12H22N2. The fraction of sp³-hybridized carbons (Fsp3) is 0.917. The van der Waals surface area contributed by atoms with Crippen molar-refractivity contribution in [3.05, 3.63) is 0 Å². The maximum absolute atomic E-state index is 5.94. The molecule has 0 aromatic carbocycles. The van der Waals surface area contributed by atoms with Crippen molar-refractivity contribution in [2.45, 2.75) is 57.9 Å². The molecule has 0 amide bonds. The summed E-state index contributed by atoms with van der Waals surface area (Å²) in [5, 5.41) is 0. The van der Waals surface area contributed by atoms with Gasteiger partial charge in [-0.1, -0.05) is 19.3 Å². The van der Waals surface area contributed by atoms with Crippen LogP contribution in [0.25, 0.3) is 0 Å². The van der Waals surface area contributed by atoms with Crippen LogP contribution in [0.2, 0.25) is 0 Å². The maximum atomic E-state index is 5.94. The van der Waals surface area contributed by atoms with E-state index in [1.807, 2.05) is 0 Å². The monoisotopic (exact) mass is 194 g/mol.